The van der Waals surface area contributed by atoms with Gasteiger partial charge in [0, 0.05) is 11.3 Å². The van der Waals surface area contributed by atoms with Crippen molar-refractivity contribution in [3.63, 3.8) is 0 Å². The second-order valence-electron chi connectivity index (χ2n) is 5.34. The van der Waals surface area contributed by atoms with E-state index >= 15 is 0 Å². The number of Topliss-reactive ketones (excluding diaryl/α,β-unsaturated/α-hetero) is 1. The van der Waals surface area contributed by atoms with Gasteiger partial charge in [-0.1, -0.05) is 30.3 Å². The Morgan fingerprint density at radius 2 is 1.62 bits per heavy atom. The van der Waals surface area contributed by atoms with E-state index in [0.717, 1.165) is 29.8 Å². The summed E-state index contributed by atoms with van der Waals surface area (Å²) in [6, 6.07) is 11.2. The Bertz CT molecular complexity index is 836. The van der Waals surface area contributed by atoms with Gasteiger partial charge in [0.15, 0.2) is 0 Å². The minimum atomic E-state index is -4.45. The van der Waals surface area contributed by atoms with Gasteiger partial charge < -0.3 is 5.32 Å². The average molecular weight is 331 g/mol. The van der Waals surface area contributed by atoms with E-state index in [1.54, 1.807) is 18.2 Å². The molecule has 0 unspecified atom stereocenters. The Morgan fingerprint density at radius 3 is 2.29 bits per heavy atom. The van der Waals surface area contributed by atoms with Crippen LogP contribution in [0.1, 0.15) is 16.7 Å². The highest BCUT2D eigenvalue weighted by Crippen LogP contribution is 2.30. The zero-order valence-corrected chi connectivity index (χ0v) is 12.4. The van der Waals surface area contributed by atoms with Gasteiger partial charge in [0.25, 0.3) is 11.7 Å². The molecule has 0 bridgehead atoms. The zero-order chi connectivity index (χ0) is 17.3. The molecule has 0 spiro atoms. The van der Waals surface area contributed by atoms with E-state index in [9.17, 15) is 22.8 Å². The standard InChI is InChI=1S/C18H12F3NO2/c19-18(20,21)12-6-8-13(9-7-12)22-17(24)16(23)15-10-5-11-3-1-2-4-14(11)15/h1-4,6-10H,5H2,(H,22,24). The number of fused-ring (bicyclic) bond motifs is 1. The summed E-state index contributed by atoms with van der Waals surface area (Å²) in [5, 5.41) is 2.33. The Kier molecular flexibility index (Phi) is 3.97. The van der Waals surface area contributed by atoms with Crippen LogP contribution in [0.25, 0.3) is 5.57 Å². The molecule has 2 aromatic carbocycles. The molecule has 1 amide bonds. The first-order valence-corrected chi connectivity index (χ1v) is 7.17. The van der Waals surface area contributed by atoms with Crippen molar-refractivity contribution in [2.45, 2.75) is 12.6 Å². The Balaban J connectivity index is 1.73. The van der Waals surface area contributed by atoms with Crippen LogP contribution in [0.2, 0.25) is 0 Å². The molecule has 0 radical (unpaired) electrons. The first kappa shape index (κ1) is 16.0. The lowest BCUT2D eigenvalue weighted by Gasteiger charge is -2.09. The first-order valence-electron chi connectivity index (χ1n) is 7.17. The van der Waals surface area contributed by atoms with Crippen LogP contribution in [0, 0.1) is 0 Å². The van der Waals surface area contributed by atoms with E-state index in [1.807, 2.05) is 12.1 Å². The van der Waals surface area contributed by atoms with Gasteiger partial charge in [-0.15, -0.1) is 0 Å². The molecule has 1 aliphatic rings. The first-order chi connectivity index (χ1) is 11.4. The number of anilines is 1. The maximum atomic E-state index is 12.5. The molecule has 0 heterocycles. The lowest BCUT2D eigenvalue weighted by molar-refractivity contribution is -0.137. The van der Waals surface area contributed by atoms with E-state index in [2.05, 4.69) is 5.32 Å². The van der Waals surface area contributed by atoms with Crippen molar-refractivity contribution in [2.75, 3.05) is 5.32 Å². The number of hydrogen-bond donors (Lipinski definition) is 1. The molecule has 24 heavy (non-hydrogen) atoms. The number of benzene rings is 2. The predicted octanol–water partition coefficient (Wildman–Crippen LogP) is 3.85. The number of nitrogens with one attached hydrogen (secondary N) is 1. The number of hydrogen-bond acceptors (Lipinski definition) is 2. The maximum Gasteiger partial charge on any atom is 0.416 e. The third-order valence-electron chi connectivity index (χ3n) is 3.75. The number of amides is 1. The van der Waals surface area contributed by atoms with Crippen LogP contribution in [-0.4, -0.2) is 11.7 Å². The van der Waals surface area contributed by atoms with Gasteiger partial charge in [-0.25, -0.2) is 0 Å². The smallest absolute Gasteiger partial charge is 0.319 e. The summed E-state index contributed by atoms with van der Waals surface area (Å²) in [5.74, 6) is -1.59. The van der Waals surface area contributed by atoms with E-state index in [0.29, 0.717) is 17.6 Å². The molecular formula is C18H12F3NO2. The number of allylic oxidation sites excluding steroid dienone is 1. The molecule has 0 fully saturated rings. The molecule has 6 heteroatoms. The highest BCUT2D eigenvalue weighted by atomic mass is 19.4. The van der Waals surface area contributed by atoms with E-state index in [1.165, 1.54) is 0 Å². The summed E-state index contributed by atoms with van der Waals surface area (Å²) in [4.78, 5) is 24.3. The van der Waals surface area contributed by atoms with Gasteiger partial charge in [-0.05, 0) is 41.8 Å². The highest BCUT2D eigenvalue weighted by molar-refractivity contribution is 6.56. The molecule has 0 atom stereocenters. The van der Waals surface area contributed by atoms with Gasteiger partial charge in [0.1, 0.15) is 0 Å². The van der Waals surface area contributed by atoms with Crippen molar-refractivity contribution in [1.82, 2.24) is 0 Å². The van der Waals surface area contributed by atoms with E-state index in [4.69, 9.17) is 0 Å². The molecule has 1 N–H and O–H groups in total. The number of carbonyl (C=O) groups excluding carboxylic acids is 2. The lowest BCUT2D eigenvalue weighted by atomic mass is 10.0. The molecule has 122 valence electrons. The Hall–Kier alpha value is -2.89. The van der Waals surface area contributed by atoms with E-state index in [-0.39, 0.29) is 5.69 Å². The summed E-state index contributed by atoms with van der Waals surface area (Å²) < 4.78 is 37.5. The third kappa shape index (κ3) is 3.08. The van der Waals surface area contributed by atoms with Crippen molar-refractivity contribution in [1.29, 1.82) is 0 Å². The number of ketones is 1. The summed E-state index contributed by atoms with van der Waals surface area (Å²) in [6.07, 6.45) is -2.19. The van der Waals surface area contributed by atoms with Crippen LogP contribution in [0.5, 0.6) is 0 Å². The fourth-order valence-electron chi connectivity index (χ4n) is 2.55. The maximum absolute atomic E-state index is 12.5. The Morgan fingerprint density at radius 1 is 0.958 bits per heavy atom. The lowest BCUT2D eigenvalue weighted by Crippen LogP contribution is -2.23. The Labute approximate surface area is 135 Å². The van der Waals surface area contributed by atoms with Crippen LogP contribution in [0.3, 0.4) is 0 Å². The van der Waals surface area contributed by atoms with Crippen molar-refractivity contribution in [2.24, 2.45) is 0 Å². The SMILES string of the molecule is O=C(Nc1ccc(C(F)(F)F)cc1)C(=O)C1=CCc2ccccc21. The van der Waals surface area contributed by atoms with Crippen LogP contribution in [0.15, 0.2) is 54.6 Å². The average Bonchev–Trinajstić information content (AvgIpc) is 2.97. The van der Waals surface area contributed by atoms with Crippen LogP contribution in [-0.2, 0) is 22.2 Å². The second-order valence-corrected chi connectivity index (χ2v) is 5.34. The molecule has 0 saturated heterocycles. The highest BCUT2D eigenvalue weighted by Gasteiger charge is 2.30. The van der Waals surface area contributed by atoms with Gasteiger partial charge in [-0.3, -0.25) is 9.59 Å². The second kappa shape index (κ2) is 5.96. The normalized spacial score (nSPS) is 13.2. The van der Waals surface area contributed by atoms with Crippen molar-refractivity contribution < 1.29 is 22.8 Å². The van der Waals surface area contributed by atoms with Gasteiger partial charge in [0.2, 0.25) is 0 Å². The zero-order valence-electron chi connectivity index (χ0n) is 12.4. The summed E-state index contributed by atoms with van der Waals surface area (Å²) in [5.41, 5.74) is 1.30. The summed E-state index contributed by atoms with van der Waals surface area (Å²) in [6.45, 7) is 0. The largest absolute Gasteiger partial charge is 0.416 e. The third-order valence-corrected chi connectivity index (χ3v) is 3.75. The number of halogens is 3. The molecule has 0 aliphatic heterocycles. The fourth-order valence-corrected chi connectivity index (χ4v) is 2.55. The van der Waals surface area contributed by atoms with Gasteiger partial charge in [-0.2, -0.15) is 13.2 Å². The molecule has 2 aromatic rings. The number of rotatable bonds is 3. The van der Waals surface area contributed by atoms with Crippen molar-refractivity contribution in [3.8, 4) is 0 Å². The van der Waals surface area contributed by atoms with E-state index < -0.39 is 23.4 Å². The minimum Gasteiger partial charge on any atom is -0.319 e. The fraction of sp³-hybridized carbons (Fsp3) is 0.111. The van der Waals surface area contributed by atoms with Crippen molar-refractivity contribution >= 4 is 23.0 Å². The molecule has 3 rings (SSSR count). The van der Waals surface area contributed by atoms with Crippen LogP contribution < -0.4 is 5.32 Å². The molecule has 3 nitrogen and oxygen atoms in total. The predicted molar refractivity (Wildman–Crippen MR) is 83.2 cm³/mol. The molecule has 0 saturated carbocycles. The number of alkyl halides is 3. The topological polar surface area (TPSA) is 46.2 Å². The van der Waals surface area contributed by atoms with Gasteiger partial charge >= 0.3 is 6.18 Å². The van der Waals surface area contributed by atoms with Crippen LogP contribution in [0.4, 0.5) is 18.9 Å². The van der Waals surface area contributed by atoms with Crippen molar-refractivity contribution in [3.05, 3.63) is 71.3 Å². The quantitative estimate of drug-likeness (QED) is 0.868. The summed E-state index contributed by atoms with van der Waals surface area (Å²) >= 11 is 0. The monoisotopic (exact) mass is 331 g/mol. The molecular weight excluding hydrogens is 319 g/mol. The molecule has 1 aliphatic carbocycles. The molecule has 0 aromatic heterocycles. The number of carbonyl (C=O) groups is 2. The van der Waals surface area contributed by atoms with Crippen LogP contribution >= 0.6 is 0 Å². The summed E-state index contributed by atoms with van der Waals surface area (Å²) in [7, 11) is 0. The van der Waals surface area contributed by atoms with Gasteiger partial charge in [0.05, 0.1) is 5.56 Å². The minimum absolute atomic E-state index is 0.133.